The van der Waals surface area contributed by atoms with E-state index >= 15 is 0 Å². The smallest absolute Gasteiger partial charge is 0.335 e. The quantitative estimate of drug-likeness (QED) is 0.730. The summed E-state index contributed by atoms with van der Waals surface area (Å²) >= 11 is 0. The highest BCUT2D eigenvalue weighted by atomic mass is 16.4. The number of nitrogens with zero attached hydrogens (tertiary/aromatic N) is 2. The summed E-state index contributed by atoms with van der Waals surface area (Å²) in [5.74, 6) is 0.0438. The predicted octanol–water partition coefficient (Wildman–Crippen LogP) is 1.46. The van der Waals surface area contributed by atoms with Crippen LogP contribution in [0.5, 0.6) is 0 Å². The number of pyridine rings is 1. The maximum absolute atomic E-state index is 11.4. The lowest BCUT2D eigenvalue weighted by molar-refractivity contribution is 0.0696. The number of hydrogen-bond donors (Lipinski definition) is 3. The van der Waals surface area contributed by atoms with Gasteiger partial charge in [0.15, 0.2) is 0 Å². The third-order valence-corrected chi connectivity index (χ3v) is 5.40. The van der Waals surface area contributed by atoms with Gasteiger partial charge in [0.2, 0.25) is 0 Å². The lowest BCUT2D eigenvalue weighted by Gasteiger charge is -2.24. The number of benzene rings is 1. The molecule has 0 amide bonds. The van der Waals surface area contributed by atoms with Gasteiger partial charge in [0.1, 0.15) is 5.82 Å². The van der Waals surface area contributed by atoms with Crippen LogP contribution in [0.25, 0.3) is 12.2 Å². The molecule has 1 aromatic carbocycles. The van der Waals surface area contributed by atoms with Crippen molar-refractivity contribution in [2.24, 2.45) is 5.73 Å². The Morgan fingerprint density at radius 1 is 1.21 bits per heavy atom. The van der Waals surface area contributed by atoms with Crippen LogP contribution in [0.4, 0.5) is 11.5 Å². The van der Waals surface area contributed by atoms with Crippen LogP contribution in [-0.4, -0.2) is 35.7 Å². The van der Waals surface area contributed by atoms with Gasteiger partial charge < -0.3 is 21.1 Å². The lowest BCUT2D eigenvalue weighted by atomic mass is 10.0. The van der Waals surface area contributed by atoms with Crippen LogP contribution in [0.2, 0.25) is 0 Å². The summed E-state index contributed by atoms with van der Waals surface area (Å²) in [7, 11) is 0. The summed E-state index contributed by atoms with van der Waals surface area (Å²) in [4.78, 5) is 18.6. The molecule has 1 aliphatic heterocycles. The Hall–Kier alpha value is -2.86. The number of aromatic carboxylic acids is 1. The van der Waals surface area contributed by atoms with Crippen molar-refractivity contribution < 1.29 is 9.90 Å². The molecule has 2 heterocycles. The van der Waals surface area contributed by atoms with Crippen LogP contribution < -0.4 is 26.5 Å². The van der Waals surface area contributed by atoms with Crippen molar-refractivity contribution in [3.05, 3.63) is 51.5 Å². The molecule has 0 spiro atoms. The van der Waals surface area contributed by atoms with Crippen molar-refractivity contribution in [1.82, 2.24) is 4.98 Å². The zero-order valence-corrected chi connectivity index (χ0v) is 15.9. The molecule has 4 N–H and O–H groups in total. The van der Waals surface area contributed by atoms with Crippen LogP contribution in [-0.2, 0) is 13.0 Å². The van der Waals surface area contributed by atoms with Gasteiger partial charge in [0.05, 0.1) is 10.9 Å². The number of carbonyl (C=O) groups is 1. The lowest BCUT2D eigenvalue weighted by Crippen LogP contribution is -2.36. The second kappa shape index (κ2) is 8.02. The van der Waals surface area contributed by atoms with Gasteiger partial charge in [-0.3, -0.25) is 0 Å². The molecule has 6 heteroatoms. The Balaban J connectivity index is 1.72. The largest absolute Gasteiger partial charge is 0.478 e. The highest BCUT2D eigenvalue weighted by Gasteiger charge is 2.18. The average molecular weight is 378 g/mol. The monoisotopic (exact) mass is 378 g/mol. The zero-order valence-electron chi connectivity index (χ0n) is 15.9. The Morgan fingerprint density at radius 3 is 2.89 bits per heavy atom. The predicted molar refractivity (Wildman–Crippen MR) is 112 cm³/mol. The number of fused-ring (bicyclic) bond motifs is 2. The van der Waals surface area contributed by atoms with Crippen LogP contribution in [0.3, 0.4) is 0 Å². The molecule has 0 saturated carbocycles. The summed E-state index contributed by atoms with van der Waals surface area (Å²) in [6, 6.07) is 7.57. The first kappa shape index (κ1) is 18.5. The highest BCUT2D eigenvalue weighted by molar-refractivity contribution is 5.88. The Kier molecular flexibility index (Phi) is 5.30. The van der Waals surface area contributed by atoms with E-state index in [0.29, 0.717) is 25.2 Å². The van der Waals surface area contributed by atoms with Gasteiger partial charge in [-0.05, 0) is 48.9 Å². The second-order valence-electron chi connectivity index (χ2n) is 7.34. The molecule has 0 bridgehead atoms. The van der Waals surface area contributed by atoms with E-state index in [1.807, 2.05) is 12.1 Å². The molecule has 0 saturated heterocycles. The van der Waals surface area contributed by atoms with E-state index < -0.39 is 5.97 Å². The Labute approximate surface area is 164 Å². The van der Waals surface area contributed by atoms with E-state index in [9.17, 15) is 9.90 Å². The van der Waals surface area contributed by atoms with Crippen molar-refractivity contribution in [1.29, 1.82) is 0 Å². The number of nitrogens with two attached hydrogens (primary N) is 1. The number of carboxylic acid groups (broad SMARTS) is 1. The number of aryl methyl sites for hydroxylation is 1. The summed E-state index contributed by atoms with van der Waals surface area (Å²) in [6.45, 7) is 2.85. The molecule has 2 aromatic rings. The van der Waals surface area contributed by atoms with Gasteiger partial charge in [-0.25, -0.2) is 9.78 Å². The van der Waals surface area contributed by atoms with Gasteiger partial charge in [-0.15, -0.1) is 0 Å². The number of nitrogens with one attached hydrogen (secondary N) is 1. The van der Waals surface area contributed by atoms with Crippen molar-refractivity contribution in [2.45, 2.75) is 32.2 Å². The first-order valence-corrected chi connectivity index (χ1v) is 9.91. The van der Waals surface area contributed by atoms with Crippen molar-refractivity contribution in [2.75, 3.05) is 29.9 Å². The molecule has 4 rings (SSSR count). The fourth-order valence-electron chi connectivity index (χ4n) is 3.98. The van der Waals surface area contributed by atoms with Gasteiger partial charge in [-0.2, -0.15) is 0 Å². The standard InChI is InChI=1S/C22H26N4O2/c23-9-10-24-20-13-21(25-19-6-2-1-5-18(19)20)26-11-3-4-15-7-8-16(22(27)28)12-17(15)14-26/h5-8,12-13,24H,1-4,9-11,14,23H2,(H,27,28). The molecule has 0 atom stereocenters. The van der Waals surface area contributed by atoms with Crippen molar-refractivity contribution >= 4 is 29.6 Å². The zero-order chi connectivity index (χ0) is 19.5. The summed E-state index contributed by atoms with van der Waals surface area (Å²) in [5.41, 5.74) is 9.41. The summed E-state index contributed by atoms with van der Waals surface area (Å²) < 4.78 is 0. The molecular weight excluding hydrogens is 352 g/mol. The molecule has 0 unspecified atom stereocenters. The third-order valence-electron chi connectivity index (χ3n) is 5.40. The first-order valence-electron chi connectivity index (χ1n) is 9.91. The van der Waals surface area contributed by atoms with E-state index in [2.05, 4.69) is 28.4 Å². The molecule has 6 nitrogen and oxygen atoms in total. The Bertz CT molecular complexity index is 1020. The van der Waals surface area contributed by atoms with Gasteiger partial charge in [0.25, 0.3) is 0 Å². The molecule has 1 aromatic heterocycles. The van der Waals surface area contributed by atoms with E-state index in [-0.39, 0.29) is 0 Å². The fourth-order valence-corrected chi connectivity index (χ4v) is 3.98. The average Bonchev–Trinajstić information content (AvgIpc) is 2.93. The van der Waals surface area contributed by atoms with Crippen LogP contribution in [0.1, 0.15) is 40.7 Å². The molecular formula is C22H26N4O2. The molecule has 146 valence electrons. The van der Waals surface area contributed by atoms with E-state index in [4.69, 9.17) is 10.7 Å². The summed E-state index contributed by atoms with van der Waals surface area (Å²) in [5, 5.41) is 15.0. The van der Waals surface area contributed by atoms with Crippen LogP contribution >= 0.6 is 0 Å². The first-order chi connectivity index (χ1) is 13.7. The maximum Gasteiger partial charge on any atom is 0.335 e. The van der Waals surface area contributed by atoms with E-state index in [1.54, 1.807) is 6.07 Å². The van der Waals surface area contributed by atoms with E-state index in [1.165, 1.54) is 5.56 Å². The molecule has 28 heavy (non-hydrogen) atoms. The molecule has 0 radical (unpaired) electrons. The Morgan fingerprint density at radius 2 is 2.07 bits per heavy atom. The second-order valence-corrected chi connectivity index (χ2v) is 7.34. The van der Waals surface area contributed by atoms with Gasteiger partial charge in [-0.1, -0.05) is 18.2 Å². The number of anilines is 2. The van der Waals surface area contributed by atoms with Gasteiger partial charge >= 0.3 is 5.97 Å². The summed E-state index contributed by atoms with van der Waals surface area (Å²) in [6.07, 6.45) is 8.43. The highest BCUT2D eigenvalue weighted by Crippen LogP contribution is 2.24. The topological polar surface area (TPSA) is 91.5 Å². The number of rotatable bonds is 5. The maximum atomic E-state index is 11.4. The molecule has 0 fully saturated rings. The van der Waals surface area contributed by atoms with Crippen molar-refractivity contribution in [3.63, 3.8) is 0 Å². The minimum atomic E-state index is -0.885. The van der Waals surface area contributed by atoms with Crippen molar-refractivity contribution in [3.8, 4) is 0 Å². The third kappa shape index (κ3) is 3.73. The number of carboxylic acids is 1. The van der Waals surface area contributed by atoms with Crippen LogP contribution in [0.15, 0.2) is 24.3 Å². The number of hydrogen-bond acceptors (Lipinski definition) is 5. The fraction of sp³-hybridized carbons (Fsp3) is 0.364. The SMILES string of the molecule is NCCNc1cc(N2CCCc3ccc(C(=O)O)cc3C2)nc2c1=CCCC=2. The molecule has 1 aliphatic carbocycles. The van der Waals surface area contributed by atoms with Crippen LogP contribution in [0, 0.1) is 0 Å². The normalized spacial score (nSPS) is 15.5. The number of aromatic nitrogens is 1. The molecule has 2 aliphatic rings. The minimum absolute atomic E-state index is 0.340. The minimum Gasteiger partial charge on any atom is -0.478 e. The van der Waals surface area contributed by atoms with Gasteiger partial charge in [0, 0.05) is 43.2 Å². The van der Waals surface area contributed by atoms with E-state index in [0.717, 1.165) is 59.9 Å².